The Labute approximate surface area is 131 Å². The quantitative estimate of drug-likeness (QED) is 0.822. The first-order valence-electron chi connectivity index (χ1n) is 6.93. The fraction of sp³-hybridized carbons (Fsp3) is 0.467. The fourth-order valence-electron chi connectivity index (χ4n) is 2.39. The van der Waals surface area contributed by atoms with Gasteiger partial charge in [-0.05, 0) is 30.5 Å². The summed E-state index contributed by atoms with van der Waals surface area (Å²) in [6, 6.07) is 6.76. The average molecular weight is 356 g/mol. The lowest BCUT2D eigenvalue weighted by Crippen LogP contribution is -2.32. The molecule has 1 aliphatic rings. The maximum atomic E-state index is 12.0. The highest BCUT2D eigenvalue weighted by molar-refractivity contribution is 9.10. The lowest BCUT2D eigenvalue weighted by Gasteiger charge is -2.19. The SMILES string of the molecule is O=C(O)C[C@@H](NC(=O)C[C@@H]1CCCO1)c1ccc(Br)cc1. The number of ether oxygens (including phenoxy) is 1. The summed E-state index contributed by atoms with van der Waals surface area (Å²) in [5.74, 6) is -1.11. The number of carbonyl (C=O) groups excluding carboxylic acids is 1. The van der Waals surface area contributed by atoms with Crippen LogP contribution in [0.25, 0.3) is 0 Å². The van der Waals surface area contributed by atoms with Crippen LogP contribution in [-0.4, -0.2) is 29.7 Å². The zero-order valence-electron chi connectivity index (χ0n) is 11.5. The van der Waals surface area contributed by atoms with Crippen molar-refractivity contribution in [1.82, 2.24) is 5.32 Å². The highest BCUT2D eigenvalue weighted by Crippen LogP contribution is 2.21. The average Bonchev–Trinajstić information content (AvgIpc) is 2.91. The first-order chi connectivity index (χ1) is 10.0. The zero-order chi connectivity index (χ0) is 15.2. The summed E-state index contributed by atoms with van der Waals surface area (Å²) >= 11 is 3.33. The van der Waals surface area contributed by atoms with Gasteiger partial charge in [-0.2, -0.15) is 0 Å². The Bertz CT molecular complexity index is 497. The lowest BCUT2D eigenvalue weighted by atomic mass is 10.0. The van der Waals surface area contributed by atoms with Crippen LogP contribution in [0.5, 0.6) is 0 Å². The van der Waals surface area contributed by atoms with E-state index < -0.39 is 12.0 Å². The number of halogens is 1. The highest BCUT2D eigenvalue weighted by atomic mass is 79.9. The Balaban J connectivity index is 1.99. The summed E-state index contributed by atoms with van der Waals surface area (Å²) in [6.07, 6.45) is 1.96. The molecule has 1 fully saturated rings. The smallest absolute Gasteiger partial charge is 0.305 e. The van der Waals surface area contributed by atoms with Gasteiger partial charge < -0.3 is 15.2 Å². The maximum absolute atomic E-state index is 12.0. The van der Waals surface area contributed by atoms with Crippen LogP contribution in [0.4, 0.5) is 0 Å². The van der Waals surface area contributed by atoms with Gasteiger partial charge in [-0.3, -0.25) is 9.59 Å². The second kappa shape index (κ2) is 7.56. The molecule has 1 heterocycles. The monoisotopic (exact) mass is 355 g/mol. The second-order valence-corrected chi connectivity index (χ2v) is 6.02. The van der Waals surface area contributed by atoms with Crippen molar-refractivity contribution in [3.8, 4) is 0 Å². The van der Waals surface area contributed by atoms with Crippen molar-refractivity contribution in [3.05, 3.63) is 34.3 Å². The minimum atomic E-state index is -0.944. The highest BCUT2D eigenvalue weighted by Gasteiger charge is 2.22. The van der Waals surface area contributed by atoms with Gasteiger partial charge in [0.25, 0.3) is 0 Å². The molecule has 5 nitrogen and oxygen atoms in total. The van der Waals surface area contributed by atoms with Crippen LogP contribution >= 0.6 is 15.9 Å². The standard InChI is InChI=1S/C15H18BrNO4/c16-11-5-3-10(4-6-11)13(9-15(19)20)17-14(18)8-12-2-1-7-21-12/h3-6,12-13H,1-2,7-9H2,(H,17,18)(H,19,20)/t12-,13+/m0/s1. The molecule has 0 aliphatic carbocycles. The maximum Gasteiger partial charge on any atom is 0.305 e. The van der Waals surface area contributed by atoms with E-state index in [0.717, 1.165) is 22.9 Å². The summed E-state index contributed by atoms with van der Waals surface area (Å²) in [4.78, 5) is 23.0. The number of hydrogen-bond acceptors (Lipinski definition) is 3. The predicted molar refractivity (Wildman–Crippen MR) is 80.9 cm³/mol. The van der Waals surface area contributed by atoms with E-state index in [9.17, 15) is 9.59 Å². The summed E-state index contributed by atoms with van der Waals surface area (Å²) in [5.41, 5.74) is 0.779. The van der Waals surface area contributed by atoms with Crippen molar-refractivity contribution in [2.45, 2.75) is 37.8 Å². The molecule has 6 heteroatoms. The molecular formula is C15H18BrNO4. The number of amides is 1. The van der Waals surface area contributed by atoms with Crippen molar-refractivity contribution in [2.75, 3.05) is 6.61 Å². The van der Waals surface area contributed by atoms with Crippen LogP contribution < -0.4 is 5.32 Å². The van der Waals surface area contributed by atoms with Crippen LogP contribution in [0.2, 0.25) is 0 Å². The molecule has 2 N–H and O–H groups in total. The van der Waals surface area contributed by atoms with Crippen LogP contribution in [-0.2, 0) is 14.3 Å². The van der Waals surface area contributed by atoms with Gasteiger partial charge in [0.15, 0.2) is 0 Å². The molecule has 114 valence electrons. The Hall–Kier alpha value is -1.40. The van der Waals surface area contributed by atoms with E-state index in [1.165, 1.54) is 0 Å². The van der Waals surface area contributed by atoms with Crippen LogP contribution in [0.1, 0.15) is 37.3 Å². The molecule has 0 unspecified atom stereocenters. The molecule has 0 spiro atoms. The fourth-order valence-corrected chi connectivity index (χ4v) is 2.65. The molecule has 1 aromatic rings. The van der Waals surface area contributed by atoms with E-state index >= 15 is 0 Å². The molecule has 0 radical (unpaired) electrons. The second-order valence-electron chi connectivity index (χ2n) is 5.11. The van der Waals surface area contributed by atoms with E-state index in [2.05, 4.69) is 21.2 Å². The number of carbonyl (C=O) groups is 2. The number of hydrogen-bond donors (Lipinski definition) is 2. The third kappa shape index (κ3) is 5.13. The first kappa shape index (κ1) is 16.0. The summed E-state index contributed by atoms with van der Waals surface area (Å²) in [5, 5.41) is 11.8. The van der Waals surface area contributed by atoms with Crippen LogP contribution in [0.3, 0.4) is 0 Å². The normalized spacial score (nSPS) is 19.2. The number of carboxylic acids is 1. The number of nitrogens with one attached hydrogen (secondary N) is 1. The molecule has 21 heavy (non-hydrogen) atoms. The van der Waals surface area contributed by atoms with Crippen molar-refractivity contribution in [1.29, 1.82) is 0 Å². The molecule has 1 saturated heterocycles. The van der Waals surface area contributed by atoms with Gasteiger partial charge in [-0.25, -0.2) is 0 Å². The van der Waals surface area contributed by atoms with E-state index in [1.807, 2.05) is 24.3 Å². The van der Waals surface area contributed by atoms with Crippen molar-refractivity contribution < 1.29 is 19.4 Å². The zero-order valence-corrected chi connectivity index (χ0v) is 13.1. The third-order valence-electron chi connectivity index (χ3n) is 3.42. The van der Waals surface area contributed by atoms with Crippen LogP contribution in [0.15, 0.2) is 28.7 Å². The minimum absolute atomic E-state index is 0.0413. The van der Waals surface area contributed by atoms with Crippen molar-refractivity contribution in [3.63, 3.8) is 0 Å². The summed E-state index contributed by atoms with van der Waals surface area (Å²) < 4.78 is 6.33. The molecule has 0 saturated carbocycles. The molecule has 2 atom stereocenters. The molecule has 0 bridgehead atoms. The van der Waals surface area contributed by atoms with Gasteiger partial charge in [0.05, 0.1) is 25.0 Å². The van der Waals surface area contributed by atoms with Crippen LogP contribution in [0, 0.1) is 0 Å². The van der Waals surface area contributed by atoms with Gasteiger partial charge in [0.2, 0.25) is 5.91 Å². The third-order valence-corrected chi connectivity index (χ3v) is 3.95. The van der Waals surface area contributed by atoms with Gasteiger partial charge in [-0.15, -0.1) is 0 Å². The van der Waals surface area contributed by atoms with E-state index in [0.29, 0.717) is 6.61 Å². The Morgan fingerprint density at radius 3 is 2.67 bits per heavy atom. The van der Waals surface area contributed by atoms with Gasteiger partial charge in [0.1, 0.15) is 0 Å². The number of benzene rings is 1. The number of rotatable bonds is 6. The van der Waals surface area contributed by atoms with Gasteiger partial charge >= 0.3 is 5.97 Å². The minimum Gasteiger partial charge on any atom is -0.481 e. The summed E-state index contributed by atoms with van der Waals surface area (Å²) in [6.45, 7) is 0.698. The van der Waals surface area contributed by atoms with E-state index in [4.69, 9.17) is 9.84 Å². The number of aliphatic carboxylic acids is 1. The summed E-state index contributed by atoms with van der Waals surface area (Å²) in [7, 11) is 0. The Morgan fingerprint density at radius 1 is 1.38 bits per heavy atom. The Kier molecular flexibility index (Phi) is 5.76. The van der Waals surface area contributed by atoms with E-state index in [1.54, 1.807) is 0 Å². The van der Waals surface area contributed by atoms with Crippen molar-refractivity contribution in [2.24, 2.45) is 0 Å². The molecule has 1 aliphatic heterocycles. The topological polar surface area (TPSA) is 75.6 Å². The van der Waals surface area contributed by atoms with Gasteiger partial charge in [-0.1, -0.05) is 28.1 Å². The first-order valence-corrected chi connectivity index (χ1v) is 7.72. The number of carboxylic acid groups (broad SMARTS) is 1. The molecule has 0 aromatic heterocycles. The lowest BCUT2D eigenvalue weighted by molar-refractivity contribution is -0.137. The van der Waals surface area contributed by atoms with Crippen molar-refractivity contribution >= 4 is 27.8 Å². The molecule has 1 aromatic carbocycles. The molecule has 1 amide bonds. The van der Waals surface area contributed by atoms with E-state index in [-0.39, 0.29) is 24.9 Å². The predicted octanol–water partition coefficient (Wildman–Crippen LogP) is 2.65. The van der Waals surface area contributed by atoms with Gasteiger partial charge in [0, 0.05) is 11.1 Å². The molecular weight excluding hydrogens is 338 g/mol. The Morgan fingerprint density at radius 2 is 2.10 bits per heavy atom. The largest absolute Gasteiger partial charge is 0.481 e. The molecule has 2 rings (SSSR count).